The smallest absolute Gasteiger partial charge is 0.244 e. The molecule has 1 heterocycles. The molecule has 2 aromatic carbocycles. The highest BCUT2D eigenvalue weighted by molar-refractivity contribution is 5.80. The predicted molar refractivity (Wildman–Crippen MR) is 89.9 cm³/mol. The van der Waals surface area contributed by atoms with Crippen LogP contribution in [0.4, 0.5) is 0 Å². The third-order valence-corrected chi connectivity index (χ3v) is 4.24. The van der Waals surface area contributed by atoms with Gasteiger partial charge in [0.1, 0.15) is 12.1 Å². The Morgan fingerprint density at radius 3 is 2.61 bits per heavy atom. The fourth-order valence-corrected chi connectivity index (χ4v) is 2.56. The maximum Gasteiger partial charge on any atom is 0.244 e. The lowest BCUT2D eigenvalue weighted by atomic mass is 10.1. The van der Waals surface area contributed by atoms with Crippen LogP contribution >= 0.6 is 0 Å². The number of carbonyl (C=O) groups is 1. The van der Waals surface area contributed by atoms with Crippen LogP contribution in [0, 0.1) is 6.92 Å². The van der Waals surface area contributed by atoms with Gasteiger partial charge in [-0.05, 0) is 31.5 Å². The van der Waals surface area contributed by atoms with Crippen molar-refractivity contribution in [2.75, 3.05) is 7.05 Å². The van der Waals surface area contributed by atoms with Crippen molar-refractivity contribution in [2.24, 2.45) is 0 Å². The first-order chi connectivity index (χ1) is 11.1. The van der Waals surface area contributed by atoms with E-state index < -0.39 is 0 Å². The second-order valence-corrected chi connectivity index (χ2v) is 5.83. The van der Waals surface area contributed by atoms with Gasteiger partial charge in [-0.1, -0.05) is 47.2 Å². The minimum Gasteiger partial charge on any atom is -0.337 e. The van der Waals surface area contributed by atoms with Gasteiger partial charge in [-0.2, -0.15) is 0 Å². The Kier molecular flexibility index (Phi) is 4.10. The molecule has 23 heavy (non-hydrogen) atoms. The largest absolute Gasteiger partial charge is 0.337 e. The van der Waals surface area contributed by atoms with Gasteiger partial charge < -0.3 is 4.90 Å². The zero-order chi connectivity index (χ0) is 16.4. The SMILES string of the molecule is Cc1ccc(C(C)N(C)C(=O)Cn2nnc3ccccc32)cc1. The number of likely N-dealkylation sites (N-methyl/N-ethyl adjacent to an activating group) is 1. The molecular weight excluding hydrogens is 288 g/mol. The van der Waals surface area contributed by atoms with Gasteiger partial charge in [0.15, 0.2) is 0 Å². The first-order valence-corrected chi connectivity index (χ1v) is 7.66. The number of fused-ring (bicyclic) bond motifs is 1. The van der Waals surface area contributed by atoms with E-state index in [1.54, 1.807) is 9.58 Å². The van der Waals surface area contributed by atoms with Crippen LogP contribution in [0.5, 0.6) is 0 Å². The first kappa shape index (κ1) is 15.2. The summed E-state index contributed by atoms with van der Waals surface area (Å²) in [5, 5.41) is 8.17. The second kappa shape index (κ2) is 6.20. The van der Waals surface area contributed by atoms with Crippen LogP contribution in [0.2, 0.25) is 0 Å². The zero-order valence-corrected chi connectivity index (χ0v) is 13.6. The molecule has 3 rings (SSSR count). The van der Waals surface area contributed by atoms with E-state index in [9.17, 15) is 4.79 Å². The second-order valence-electron chi connectivity index (χ2n) is 5.83. The van der Waals surface area contributed by atoms with Crippen LogP contribution in [0.25, 0.3) is 11.0 Å². The fourth-order valence-electron chi connectivity index (χ4n) is 2.56. The minimum absolute atomic E-state index is 0.00808. The minimum atomic E-state index is 0.00808. The number of hydrogen-bond donors (Lipinski definition) is 0. The van der Waals surface area contributed by atoms with Crippen LogP contribution in [-0.4, -0.2) is 32.8 Å². The number of amides is 1. The van der Waals surface area contributed by atoms with Crippen molar-refractivity contribution < 1.29 is 4.79 Å². The molecule has 0 saturated heterocycles. The Labute approximate surface area is 135 Å². The molecule has 0 aliphatic carbocycles. The maximum atomic E-state index is 12.6. The molecule has 0 radical (unpaired) electrons. The number of rotatable bonds is 4. The Bertz CT molecular complexity index is 822. The predicted octanol–water partition coefficient (Wildman–Crippen LogP) is 2.96. The highest BCUT2D eigenvalue weighted by Gasteiger charge is 2.18. The third-order valence-electron chi connectivity index (χ3n) is 4.24. The summed E-state index contributed by atoms with van der Waals surface area (Å²) in [6, 6.07) is 15.9. The molecule has 1 aromatic heterocycles. The molecule has 3 aromatic rings. The van der Waals surface area contributed by atoms with E-state index in [-0.39, 0.29) is 18.5 Å². The van der Waals surface area contributed by atoms with Crippen LogP contribution in [0.1, 0.15) is 24.1 Å². The normalized spacial score (nSPS) is 12.3. The van der Waals surface area contributed by atoms with E-state index >= 15 is 0 Å². The molecule has 0 aliphatic heterocycles. The van der Waals surface area contributed by atoms with Gasteiger partial charge in [0, 0.05) is 7.05 Å². The summed E-state index contributed by atoms with van der Waals surface area (Å²) in [6.45, 7) is 4.27. The highest BCUT2D eigenvalue weighted by atomic mass is 16.2. The average molecular weight is 308 g/mol. The molecule has 5 heteroatoms. The lowest BCUT2D eigenvalue weighted by molar-refractivity contribution is -0.132. The van der Waals surface area contributed by atoms with Crippen molar-refractivity contribution in [1.29, 1.82) is 0 Å². The molecule has 0 N–H and O–H groups in total. The van der Waals surface area contributed by atoms with Gasteiger partial charge in [-0.15, -0.1) is 5.10 Å². The van der Waals surface area contributed by atoms with E-state index in [1.165, 1.54) is 5.56 Å². The number of aromatic nitrogens is 3. The van der Waals surface area contributed by atoms with E-state index in [4.69, 9.17) is 0 Å². The van der Waals surface area contributed by atoms with Crippen LogP contribution < -0.4 is 0 Å². The topological polar surface area (TPSA) is 51.0 Å². The lowest BCUT2D eigenvalue weighted by Crippen LogP contribution is -2.32. The third kappa shape index (κ3) is 3.08. The summed E-state index contributed by atoms with van der Waals surface area (Å²) in [4.78, 5) is 14.3. The van der Waals surface area contributed by atoms with Crippen LogP contribution in [-0.2, 0) is 11.3 Å². The number of nitrogens with zero attached hydrogens (tertiary/aromatic N) is 4. The Morgan fingerprint density at radius 1 is 1.17 bits per heavy atom. The van der Waals surface area contributed by atoms with Crippen LogP contribution in [0.15, 0.2) is 48.5 Å². The fraction of sp³-hybridized carbons (Fsp3) is 0.278. The van der Waals surface area contributed by atoms with Crippen molar-refractivity contribution in [3.8, 4) is 0 Å². The molecule has 1 amide bonds. The summed E-state index contributed by atoms with van der Waals surface area (Å²) in [5.74, 6) is 0.00808. The number of para-hydroxylation sites is 1. The molecule has 0 spiro atoms. The average Bonchev–Trinajstić information content (AvgIpc) is 2.97. The van der Waals surface area contributed by atoms with Crippen LogP contribution in [0.3, 0.4) is 0 Å². The van der Waals surface area contributed by atoms with Crippen molar-refractivity contribution in [3.05, 3.63) is 59.7 Å². The standard InChI is InChI=1S/C18H20N4O/c1-13-8-10-15(11-9-13)14(2)21(3)18(23)12-22-17-7-5-4-6-16(17)19-20-22/h4-11,14H,12H2,1-3H3. The van der Waals surface area contributed by atoms with E-state index in [0.29, 0.717) is 0 Å². The number of aryl methyl sites for hydroxylation is 1. The quantitative estimate of drug-likeness (QED) is 0.744. The highest BCUT2D eigenvalue weighted by Crippen LogP contribution is 2.20. The molecule has 0 fully saturated rings. The van der Waals surface area contributed by atoms with E-state index in [1.807, 2.05) is 38.2 Å². The molecule has 5 nitrogen and oxygen atoms in total. The monoisotopic (exact) mass is 308 g/mol. The van der Waals surface area contributed by atoms with E-state index in [2.05, 4.69) is 41.5 Å². The molecule has 0 saturated carbocycles. The zero-order valence-electron chi connectivity index (χ0n) is 13.6. The molecular formula is C18H20N4O. The molecule has 0 aliphatic rings. The Hall–Kier alpha value is -2.69. The Morgan fingerprint density at radius 2 is 1.87 bits per heavy atom. The number of benzene rings is 2. The van der Waals surface area contributed by atoms with Gasteiger partial charge in [0.2, 0.25) is 5.91 Å². The molecule has 118 valence electrons. The molecule has 1 atom stereocenters. The van der Waals surface area contributed by atoms with Gasteiger partial charge >= 0.3 is 0 Å². The Balaban J connectivity index is 1.75. The summed E-state index contributed by atoms with van der Waals surface area (Å²) in [7, 11) is 1.83. The number of hydrogen-bond acceptors (Lipinski definition) is 3. The lowest BCUT2D eigenvalue weighted by Gasteiger charge is -2.25. The van der Waals surface area contributed by atoms with Gasteiger partial charge in [0.05, 0.1) is 11.6 Å². The van der Waals surface area contributed by atoms with Crippen molar-refractivity contribution >= 4 is 16.9 Å². The van der Waals surface area contributed by atoms with Gasteiger partial charge in [-0.25, -0.2) is 4.68 Å². The molecule has 0 bridgehead atoms. The summed E-state index contributed by atoms with van der Waals surface area (Å²) in [6.07, 6.45) is 0. The van der Waals surface area contributed by atoms with E-state index in [0.717, 1.165) is 16.6 Å². The maximum absolute atomic E-state index is 12.6. The molecule has 1 unspecified atom stereocenters. The first-order valence-electron chi connectivity index (χ1n) is 7.66. The van der Waals surface area contributed by atoms with Gasteiger partial charge in [0.25, 0.3) is 0 Å². The summed E-state index contributed by atoms with van der Waals surface area (Å²) >= 11 is 0. The van der Waals surface area contributed by atoms with Crippen molar-refractivity contribution in [1.82, 2.24) is 19.9 Å². The van der Waals surface area contributed by atoms with Crippen molar-refractivity contribution in [3.63, 3.8) is 0 Å². The summed E-state index contributed by atoms with van der Waals surface area (Å²) in [5.41, 5.74) is 4.01. The van der Waals surface area contributed by atoms with Crippen molar-refractivity contribution in [2.45, 2.75) is 26.4 Å². The number of carbonyl (C=O) groups excluding carboxylic acids is 1. The summed E-state index contributed by atoms with van der Waals surface area (Å²) < 4.78 is 1.65. The van der Waals surface area contributed by atoms with Gasteiger partial charge in [-0.3, -0.25) is 4.79 Å².